The molecule has 0 atom stereocenters. The van der Waals surface area contributed by atoms with Crippen LogP contribution in [0.2, 0.25) is 0 Å². The van der Waals surface area contributed by atoms with Gasteiger partial charge in [0.2, 0.25) is 0 Å². The van der Waals surface area contributed by atoms with Gasteiger partial charge in [-0.15, -0.1) is 0 Å². The lowest BCUT2D eigenvalue weighted by Crippen LogP contribution is -2.32. The number of nitrogens with zero attached hydrogens (tertiary/aromatic N) is 4. The molecular weight excluding hydrogens is 1360 g/mol. The second kappa shape index (κ2) is 26.0. The fourth-order valence-corrected chi connectivity index (χ4v) is 18.5. The zero-order valence-corrected chi connectivity index (χ0v) is 60.7. The van der Waals surface area contributed by atoms with Crippen molar-refractivity contribution in [3.8, 4) is 169 Å². The summed E-state index contributed by atoms with van der Waals surface area (Å²) in [5.74, 6) is 4.58. The van der Waals surface area contributed by atoms with E-state index < -0.39 is 10.8 Å². The Hall–Kier alpha value is -14.7. The third-order valence-electron chi connectivity index (χ3n) is 23.3. The molecule has 0 saturated carbocycles. The molecule has 22 rings (SSSR count). The molecule has 2 aliphatic heterocycles. The Labute approximate surface area is 649 Å². The molecule has 2 aromatic heterocycles. The Morgan fingerprint density at radius 3 is 0.955 bits per heavy atom. The van der Waals surface area contributed by atoms with E-state index in [9.17, 15) is 0 Å². The van der Waals surface area contributed by atoms with E-state index in [4.69, 9.17) is 29.4 Å². The standard InChI is InChI=1S/C106H66N4O2/c1-4-29-68(30-5-1)95-65-98(108-103(107-95)74-36-26-35-73(63-74)75-37-10-11-38-76(75)84-47-27-54-93-101(84)111-99-56-25-24-53-91(99)105(93)87-49-20-16-42-80(87)81-43-17-21-50-88(81)105)71-59-57-67(58-60-71)72-61-62-92-100(64-72)112-102-85(48-28-55-94(102)106(92)89-51-22-18-44-82(89)83-45-19-23-52-90(83)106)78-40-13-12-39-77(78)79-41-14-15-46-86(79)104-109-96(69-31-6-2-7-32-69)66-97(110-104)70-33-8-3-9-34-70/h1-66H. The van der Waals surface area contributed by atoms with Crippen molar-refractivity contribution < 1.29 is 9.47 Å². The van der Waals surface area contributed by atoms with Gasteiger partial charge in [-0.1, -0.05) is 370 Å². The topological polar surface area (TPSA) is 70.0 Å². The van der Waals surface area contributed by atoms with Crippen LogP contribution in [0.4, 0.5) is 0 Å². The van der Waals surface area contributed by atoms with E-state index in [-0.39, 0.29) is 0 Å². The van der Waals surface area contributed by atoms with Gasteiger partial charge in [-0.25, -0.2) is 19.9 Å². The van der Waals surface area contributed by atoms with Gasteiger partial charge in [0.05, 0.1) is 33.6 Å². The number of fused-ring (bicyclic) bond motifs is 18. The maximum atomic E-state index is 7.67. The highest BCUT2D eigenvalue weighted by molar-refractivity contribution is 5.98. The second-order valence-electron chi connectivity index (χ2n) is 29.3. The first-order valence-electron chi connectivity index (χ1n) is 38.2. The van der Waals surface area contributed by atoms with Gasteiger partial charge in [0, 0.05) is 66.8 Å². The van der Waals surface area contributed by atoms with E-state index in [1.807, 2.05) is 18.2 Å². The van der Waals surface area contributed by atoms with Crippen molar-refractivity contribution in [2.45, 2.75) is 10.8 Å². The third-order valence-corrected chi connectivity index (χ3v) is 23.3. The minimum Gasteiger partial charge on any atom is -0.456 e. The van der Waals surface area contributed by atoms with Crippen LogP contribution in [0, 0.1) is 0 Å². The molecule has 2 spiro atoms. The Balaban J connectivity index is 0.638. The van der Waals surface area contributed by atoms with Crippen LogP contribution in [0.1, 0.15) is 44.5 Å². The highest BCUT2D eigenvalue weighted by Crippen LogP contribution is 2.66. The number of hydrogen-bond donors (Lipinski definition) is 0. The average molecular weight is 1430 g/mol. The van der Waals surface area contributed by atoms with E-state index in [0.29, 0.717) is 11.6 Å². The molecule has 0 saturated heterocycles. The molecule has 522 valence electrons. The highest BCUT2D eigenvalue weighted by Gasteiger charge is 2.53. The Bertz CT molecular complexity index is 6680. The Morgan fingerprint density at radius 2 is 0.464 bits per heavy atom. The van der Waals surface area contributed by atoms with Crippen molar-refractivity contribution in [3.63, 3.8) is 0 Å². The normalized spacial score (nSPS) is 13.1. The fraction of sp³-hybridized carbons (Fsp3) is 0.0189. The molecule has 18 aromatic rings. The largest absolute Gasteiger partial charge is 0.456 e. The van der Waals surface area contributed by atoms with E-state index in [0.717, 1.165) is 157 Å². The molecule has 0 bridgehead atoms. The Kier molecular flexibility index (Phi) is 15.0. The first-order chi connectivity index (χ1) is 55.5. The minimum absolute atomic E-state index is 0.590. The smallest absolute Gasteiger partial charge is 0.161 e. The van der Waals surface area contributed by atoms with Crippen molar-refractivity contribution in [2.24, 2.45) is 0 Å². The zero-order valence-electron chi connectivity index (χ0n) is 60.7. The lowest BCUT2D eigenvalue weighted by molar-refractivity contribution is 0.438. The minimum atomic E-state index is -0.727. The van der Waals surface area contributed by atoms with E-state index in [1.54, 1.807) is 0 Å². The van der Waals surface area contributed by atoms with Crippen LogP contribution in [-0.4, -0.2) is 19.9 Å². The van der Waals surface area contributed by atoms with Crippen molar-refractivity contribution in [1.29, 1.82) is 0 Å². The predicted octanol–water partition coefficient (Wildman–Crippen LogP) is 26.5. The van der Waals surface area contributed by atoms with Crippen LogP contribution in [0.5, 0.6) is 23.0 Å². The van der Waals surface area contributed by atoms with Crippen molar-refractivity contribution in [3.05, 3.63) is 445 Å². The van der Waals surface area contributed by atoms with Gasteiger partial charge in [0.25, 0.3) is 0 Å². The van der Waals surface area contributed by atoms with E-state index in [2.05, 4.69) is 382 Å². The van der Waals surface area contributed by atoms with Crippen LogP contribution in [0.15, 0.2) is 400 Å². The molecule has 4 aliphatic rings. The van der Waals surface area contributed by atoms with Crippen LogP contribution in [0.25, 0.3) is 146 Å². The number of ether oxygens (including phenoxy) is 2. The van der Waals surface area contributed by atoms with Crippen molar-refractivity contribution in [1.82, 2.24) is 19.9 Å². The van der Waals surface area contributed by atoms with Crippen LogP contribution < -0.4 is 9.47 Å². The van der Waals surface area contributed by atoms with E-state index in [1.165, 1.54) is 44.5 Å². The molecule has 0 radical (unpaired) electrons. The molecule has 112 heavy (non-hydrogen) atoms. The lowest BCUT2D eigenvalue weighted by Gasteiger charge is -2.40. The summed E-state index contributed by atoms with van der Waals surface area (Å²) in [6.07, 6.45) is 0. The van der Waals surface area contributed by atoms with Crippen LogP contribution in [0.3, 0.4) is 0 Å². The molecule has 6 nitrogen and oxygen atoms in total. The lowest BCUT2D eigenvalue weighted by atomic mass is 9.65. The van der Waals surface area contributed by atoms with Gasteiger partial charge in [0.15, 0.2) is 11.6 Å². The maximum absolute atomic E-state index is 7.67. The summed E-state index contributed by atoms with van der Waals surface area (Å²) in [6, 6.07) is 143. The summed E-state index contributed by atoms with van der Waals surface area (Å²) in [6.45, 7) is 0. The quantitative estimate of drug-likeness (QED) is 0.129. The predicted molar refractivity (Wildman–Crippen MR) is 452 cm³/mol. The second-order valence-corrected chi connectivity index (χ2v) is 29.3. The van der Waals surface area contributed by atoms with Crippen molar-refractivity contribution >= 4 is 0 Å². The van der Waals surface area contributed by atoms with Gasteiger partial charge in [-0.2, -0.15) is 0 Å². The summed E-state index contributed by atoms with van der Waals surface area (Å²) in [4.78, 5) is 21.6. The van der Waals surface area contributed by atoms with E-state index >= 15 is 0 Å². The van der Waals surface area contributed by atoms with Gasteiger partial charge < -0.3 is 9.47 Å². The van der Waals surface area contributed by atoms with Crippen molar-refractivity contribution in [2.75, 3.05) is 0 Å². The van der Waals surface area contributed by atoms with Crippen LogP contribution >= 0.6 is 0 Å². The molecule has 16 aromatic carbocycles. The number of aromatic nitrogens is 4. The monoisotopic (exact) mass is 1430 g/mol. The Morgan fingerprint density at radius 1 is 0.161 bits per heavy atom. The highest BCUT2D eigenvalue weighted by atomic mass is 16.5. The fourth-order valence-electron chi connectivity index (χ4n) is 18.5. The SMILES string of the molecule is c1ccc(-c2cc(-c3ccc(-c4ccc5c(c4)Oc4c(-c6ccccc6-c6ccccc6-c6nc(-c7ccccc7)cc(-c7ccccc7)n6)cccc4C54c5ccccc5-c5ccccc54)cc3)nc(-c3cccc(-c4ccccc4-c4cccc5c4Oc4ccccc4C54c5ccccc5-c5ccccc54)c3)n2)cc1. The van der Waals surface area contributed by atoms with Gasteiger partial charge in [-0.05, 0) is 119 Å². The first-order valence-corrected chi connectivity index (χ1v) is 38.2. The third kappa shape index (κ3) is 10.1. The number of para-hydroxylation sites is 3. The van der Waals surface area contributed by atoms with Gasteiger partial charge >= 0.3 is 0 Å². The average Bonchev–Trinajstić information content (AvgIpc) is 1.49. The van der Waals surface area contributed by atoms with Crippen LogP contribution in [-0.2, 0) is 10.8 Å². The summed E-state index contributed by atoms with van der Waals surface area (Å²) in [5.41, 5.74) is 32.5. The zero-order chi connectivity index (χ0) is 73.9. The number of hydrogen-bond acceptors (Lipinski definition) is 6. The summed E-state index contributed by atoms with van der Waals surface area (Å²) >= 11 is 0. The molecule has 6 heteroatoms. The van der Waals surface area contributed by atoms with Gasteiger partial charge in [-0.3, -0.25) is 0 Å². The molecule has 0 unspecified atom stereocenters. The summed E-state index contributed by atoms with van der Waals surface area (Å²) in [7, 11) is 0. The number of rotatable bonds is 11. The molecule has 4 heterocycles. The summed E-state index contributed by atoms with van der Waals surface area (Å²) < 4.78 is 14.9. The number of benzene rings is 16. The molecule has 0 fully saturated rings. The molecule has 0 N–H and O–H groups in total. The summed E-state index contributed by atoms with van der Waals surface area (Å²) in [5, 5.41) is 0. The first kappa shape index (κ1) is 64.5. The van der Waals surface area contributed by atoms with Gasteiger partial charge in [0.1, 0.15) is 23.0 Å². The molecule has 0 amide bonds. The maximum Gasteiger partial charge on any atom is 0.161 e. The molecule has 2 aliphatic carbocycles. The molecular formula is C106H66N4O2.